The number of carbonyl (C=O) groups excluding carboxylic acids is 1. The van der Waals surface area contributed by atoms with Gasteiger partial charge in [-0.1, -0.05) is 35.9 Å². The molecule has 0 saturated heterocycles. The lowest BCUT2D eigenvalue weighted by Crippen LogP contribution is -2.12. The molecule has 21 heavy (non-hydrogen) atoms. The van der Waals surface area contributed by atoms with Gasteiger partial charge in [0.1, 0.15) is 11.9 Å². The molecule has 0 aliphatic carbocycles. The van der Waals surface area contributed by atoms with E-state index in [-0.39, 0.29) is 6.61 Å². The summed E-state index contributed by atoms with van der Waals surface area (Å²) in [4.78, 5) is 12.3. The molecule has 110 valence electrons. The lowest BCUT2D eigenvalue weighted by molar-refractivity contribution is 0.0747. The molecule has 2 N–H and O–H groups in total. The molecule has 1 atom stereocenters. The minimum atomic E-state index is -1.27. The van der Waals surface area contributed by atoms with Crippen molar-refractivity contribution < 1.29 is 19.7 Å². The van der Waals surface area contributed by atoms with Crippen molar-refractivity contribution in [2.75, 3.05) is 7.11 Å². The Morgan fingerprint density at radius 2 is 1.90 bits per heavy atom. The summed E-state index contributed by atoms with van der Waals surface area (Å²) in [5.41, 5.74) is 1.36. The van der Waals surface area contributed by atoms with Gasteiger partial charge in [0, 0.05) is 16.1 Å². The number of ketones is 1. The molecule has 0 bridgehead atoms. The number of halogens is 1. The van der Waals surface area contributed by atoms with Gasteiger partial charge in [-0.15, -0.1) is 0 Å². The van der Waals surface area contributed by atoms with Crippen molar-refractivity contribution in [3.63, 3.8) is 0 Å². The second-order valence-electron chi connectivity index (χ2n) is 4.50. The first-order valence-electron chi connectivity index (χ1n) is 6.32. The number of aliphatic hydroxyl groups excluding tert-OH is 2. The average molecular weight is 307 g/mol. The fourth-order valence-corrected chi connectivity index (χ4v) is 2.11. The Bertz CT molecular complexity index is 637. The van der Waals surface area contributed by atoms with Gasteiger partial charge >= 0.3 is 0 Å². The van der Waals surface area contributed by atoms with Gasteiger partial charge in [0.15, 0.2) is 5.78 Å². The minimum Gasteiger partial charge on any atom is -0.496 e. The van der Waals surface area contributed by atoms with Crippen molar-refractivity contribution >= 4 is 17.4 Å². The number of methoxy groups -OCH3 is 1. The maximum Gasteiger partial charge on any atom is 0.195 e. The van der Waals surface area contributed by atoms with Crippen LogP contribution in [-0.2, 0) is 6.61 Å². The molecular formula is C16H15ClO4. The number of hydrogen-bond donors (Lipinski definition) is 2. The van der Waals surface area contributed by atoms with Crippen molar-refractivity contribution in [3.8, 4) is 5.75 Å². The Labute approximate surface area is 127 Å². The zero-order valence-electron chi connectivity index (χ0n) is 11.4. The van der Waals surface area contributed by atoms with Crippen LogP contribution in [-0.4, -0.2) is 23.1 Å². The third-order valence-electron chi connectivity index (χ3n) is 3.18. The quantitative estimate of drug-likeness (QED) is 0.834. The van der Waals surface area contributed by atoms with Crippen molar-refractivity contribution in [2.24, 2.45) is 0 Å². The normalized spacial score (nSPS) is 12.0. The smallest absolute Gasteiger partial charge is 0.195 e. The Hall–Kier alpha value is -1.88. The van der Waals surface area contributed by atoms with E-state index in [1.165, 1.54) is 13.2 Å². The Balaban J connectivity index is 2.29. The first-order valence-corrected chi connectivity index (χ1v) is 6.70. The molecule has 2 rings (SSSR count). The van der Waals surface area contributed by atoms with Gasteiger partial charge in [-0.05, 0) is 23.8 Å². The second kappa shape index (κ2) is 6.72. The molecule has 0 radical (unpaired) electrons. The van der Waals surface area contributed by atoms with Crippen molar-refractivity contribution in [3.05, 3.63) is 64.2 Å². The lowest BCUT2D eigenvalue weighted by Gasteiger charge is -2.12. The van der Waals surface area contributed by atoms with Crippen LogP contribution in [0.25, 0.3) is 0 Å². The molecule has 0 aliphatic rings. The van der Waals surface area contributed by atoms with Crippen LogP contribution in [0.5, 0.6) is 5.75 Å². The molecule has 0 fully saturated rings. The van der Waals surface area contributed by atoms with Gasteiger partial charge in [0.2, 0.25) is 0 Å². The number of benzene rings is 2. The first-order chi connectivity index (χ1) is 10.1. The van der Waals surface area contributed by atoms with Crippen LogP contribution < -0.4 is 4.74 Å². The van der Waals surface area contributed by atoms with Gasteiger partial charge in [0.05, 0.1) is 13.7 Å². The maximum absolute atomic E-state index is 12.3. The summed E-state index contributed by atoms with van der Waals surface area (Å²) >= 11 is 5.78. The zero-order chi connectivity index (χ0) is 15.4. The van der Waals surface area contributed by atoms with E-state index in [4.69, 9.17) is 21.4 Å². The zero-order valence-corrected chi connectivity index (χ0v) is 12.2. The topological polar surface area (TPSA) is 66.8 Å². The highest BCUT2D eigenvalue weighted by atomic mass is 35.5. The molecule has 0 spiro atoms. The van der Waals surface area contributed by atoms with Crippen LogP contribution in [0, 0.1) is 0 Å². The number of Topliss-reactive ketones (excluding diaryl/α,β-unsaturated/α-hetero) is 1. The molecule has 0 aromatic heterocycles. The Kier molecular flexibility index (Phi) is 4.96. The summed E-state index contributed by atoms with van der Waals surface area (Å²) in [6.45, 7) is -0.183. The van der Waals surface area contributed by atoms with Crippen LogP contribution >= 0.6 is 11.6 Å². The number of aliphatic hydroxyl groups is 2. The fraction of sp³-hybridized carbons (Fsp3) is 0.188. The predicted molar refractivity (Wildman–Crippen MR) is 79.7 cm³/mol. The summed E-state index contributed by atoms with van der Waals surface area (Å²) in [6.07, 6.45) is -1.27. The summed E-state index contributed by atoms with van der Waals surface area (Å²) in [5, 5.41) is 19.8. The van der Waals surface area contributed by atoms with Crippen LogP contribution in [0.2, 0.25) is 5.02 Å². The van der Waals surface area contributed by atoms with E-state index in [0.29, 0.717) is 27.5 Å². The average Bonchev–Trinajstić information content (AvgIpc) is 2.53. The summed E-state index contributed by atoms with van der Waals surface area (Å²) in [7, 11) is 1.46. The summed E-state index contributed by atoms with van der Waals surface area (Å²) in [6, 6.07) is 11.1. The van der Waals surface area contributed by atoms with Crippen LogP contribution in [0.3, 0.4) is 0 Å². The van der Waals surface area contributed by atoms with E-state index in [2.05, 4.69) is 0 Å². The van der Waals surface area contributed by atoms with Gasteiger partial charge in [-0.25, -0.2) is 0 Å². The van der Waals surface area contributed by atoms with Gasteiger partial charge in [-0.3, -0.25) is 4.79 Å². The number of rotatable bonds is 5. The minimum absolute atomic E-state index is 0.183. The van der Waals surface area contributed by atoms with Gasteiger partial charge < -0.3 is 14.9 Å². The number of hydrogen-bond acceptors (Lipinski definition) is 4. The molecule has 2 aromatic carbocycles. The van der Waals surface area contributed by atoms with Crippen LogP contribution in [0.1, 0.15) is 27.6 Å². The monoisotopic (exact) mass is 306 g/mol. The van der Waals surface area contributed by atoms with Crippen LogP contribution in [0.15, 0.2) is 42.5 Å². The van der Waals surface area contributed by atoms with E-state index >= 15 is 0 Å². The number of carbonyl (C=O) groups is 1. The SMILES string of the molecule is COc1cc(C(=O)C(O)c2ccc(Cl)cc2)ccc1CO. The molecule has 2 aromatic rings. The highest BCUT2D eigenvalue weighted by Crippen LogP contribution is 2.25. The molecule has 0 saturated carbocycles. The largest absolute Gasteiger partial charge is 0.496 e. The first kappa shape index (κ1) is 15.5. The predicted octanol–water partition coefficient (Wildman–Crippen LogP) is 2.76. The number of ether oxygens (including phenoxy) is 1. The molecule has 0 amide bonds. The standard InChI is InChI=1S/C16H15ClO4/c1-21-14-8-11(2-3-12(14)9-18)16(20)15(19)10-4-6-13(17)7-5-10/h2-8,15,18-19H,9H2,1H3. The highest BCUT2D eigenvalue weighted by Gasteiger charge is 2.20. The van der Waals surface area contributed by atoms with E-state index in [1.54, 1.807) is 36.4 Å². The highest BCUT2D eigenvalue weighted by molar-refractivity contribution is 6.30. The molecule has 5 heteroatoms. The van der Waals surface area contributed by atoms with Crippen LogP contribution in [0.4, 0.5) is 0 Å². The third-order valence-corrected chi connectivity index (χ3v) is 3.43. The molecule has 4 nitrogen and oxygen atoms in total. The van der Waals surface area contributed by atoms with Gasteiger partial charge in [0.25, 0.3) is 0 Å². The van der Waals surface area contributed by atoms with E-state index < -0.39 is 11.9 Å². The molecule has 0 heterocycles. The van der Waals surface area contributed by atoms with E-state index in [9.17, 15) is 9.90 Å². The van der Waals surface area contributed by atoms with Crippen molar-refractivity contribution in [1.29, 1.82) is 0 Å². The molecule has 1 unspecified atom stereocenters. The second-order valence-corrected chi connectivity index (χ2v) is 4.94. The van der Waals surface area contributed by atoms with Crippen molar-refractivity contribution in [1.82, 2.24) is 0 Å². The van der Waals surface area contributed by atoms with Crippen molar-refractivity contribution in [2.45, 2.75) is 12.7 Å². The fourth-order valence-electron chi connectivity index (χ4n) is 1.98. The molecule has 0 aliphatic heterocycles. The Morgan fingerprint density at radius 1 is 1.24 bits per heavy atom. The summed E-state index contributed by atoms with van der Waals surface area (Å²) < 4.78 is 5.12. The van der Waals surface area contributed by atoms with Gasteiger partial charge in [-0.2, -0.15) is 0 Å². The van der Waals surface area contributed by atoms with E-state index in [0.717, 1.165) is 0 Å². The summed E-state index contributed by atoms with van der Waals surface area (Å²) in [5.74, 6) is -0.0354. The third kappa shape index (κ3) is 3.42. The van der Waals surface area contributed by atoms with E-state index in [1.807, 2.05) is 0 Å². The Morgan fingerprint density at radius 3 is 2.48 bits per heavy atom. The maximum atomic E-state index is 12.3. The molecular weight excluding hydrogens is 292 g/mol. The lowest BCUT2D eigenvalue weighted by atomic mass is 9.99.